The number of thiophene rings is 1. The van der Waals surface area contributed by atoms with Crippen LogP contribution in [-0.2, 0) is 0 Å². The molecule has 1 heterocycles. The van der Waals surface area contributed by atoms with Crippen LogP contribution in [-0.4, -0.2) is 0 Å². The van der Waals surface area contributed by atoms with Crippen LogP contribution in [0, 0.1) is 0 Å². The van der Waals surface area contributed by atoms with Crippen LogP contribution in [0.4, 0.5) is 0 Å². The smallest absolute Gasteiger partial charge is 0.0433 e. The van der Waals surface area contributed by atoms with Crippen LogP contribution in [0.25, 0.3) is 96.3 Å². The molecule has 0 unspecified atom stereocenters. The summed E-state index contributed by atoms with van der Waals surface area (Å²) >= 11 is 1.90. The zero-order chi connectivity index (χ0) is 28.1. The van der Waals surface area contributed by atoms with Crippen LogP contribution < -0.4 is 0 Å². The molecule has 0 saturated carbocycles. The Labute approximate surface area is 252 Å². The van der Waals surface area contributed by atoms with Crippen molar-refractivity contribution in [1.82, 2.24) is 0 Å². The summed E-state index contributed by atoms with van der Waals surface area (Å²) in [5.41, 5.74) is 5.09. The van der Waals surface area contributed by atoms with E-state index >= 15 is 0 Å². The van der Waals surface area contributed by atoms with E-state index in [1.54, 1.807) is 0 Å². The fourth-order valence-corrected chi connectivity index (χ4v) is 8.72. The molecule has 0 aliphatic heterocycles. The van der Waals surface area contributed by atoms with Crippen molar-refractivity contribution in [3.05, 3.63) is 146 Å². The predicted octanol–water partition coefficient (Wildman–Crippen LogP) is 12.6. The van der Waals surface area contributed by atoms with Gasteiger partial charge in [0.1, 0.15) is 0 Å². The molecule has 0 saturated heterocycles. The van der Waals surface area contributed by atoms with Crippen molar-refractivity contribution in [3.63, 3.8) is 0 Å². The van der Waals surface area contributed by atoms with Crippen molar-refractivity contribution in [2.24, 2.45) is 0 Å². The zero-order valence-corrected chi connectivity index (χ0v) is 24.1. The molecular formula is C42H24S. The SMILES string of the molecule is c1ccc(-c2cccc3c2sc2ccc(-c4ccc5c(c4)c4cccc6c7ccccc7c7cccc5c7c64)cc23)cc1. The van der Waals surface area contributed by atoms with Gasteiger partial charge >= 0.3 is 0 Å². The molecule has 0 N–H and O–H groups in total. The molecule has 0 bridgehead atoms. The first-order chi connectivity index (χ1) is 21.3. The van der Waals surface area contributed by atoms with Gasteiger partial charge in [-0.15, -0.1) is 11.3 Å². The summed E-state index contributed by atoms with van der Waals surface area (Å²) in [6.07, 6.45) is 0. The highest BCUT2D eigenvalue weighted by Crippen LogP contribution is 2.46. The zero-order valence-electron chi connectivity index (χ0n) is 23.3. The summed E-state index contributed by atoms with van der Waals surface area (Å²) in [4.78, 5) is 0. The molecule has 43 heavy (non-hydrogen) atoms. The molecule has 0 aliphatic carbocycles. The van der Waals surface area contributed by atoms with E-state index in [1.807, 2.05) is 11.3 Å². The minimum atomic E-state index is 1.26. The topological polar surface area (TPSA) is 0 Å². The molecule has 1 heteroatoms. The van der Waals surface area contributed by atoms with Crippen LogP contribution in [0.1, 0.15) is 0 Å². The van der Waals surface area contributed by atoms with Crippen LogP contribution >= 0.6 is 11.3 Å². The fraction of sp³-hybridized carbons (Fsp3) is 0. The quantitative estimate of drug-likeness (QED) is 0.146. The lowest BCUT2D eigenvalue weighted by Crippen LogP contribution is -1.89. The number of hydrogen-bond acceptors (Lipinski definition) is 1. The maximum absolute atomic E-state index is 2.42. The van der Waals surface area contributed by atoms with Gasteiger partial charge in [0.05, 0.1) is 0 Å². The molecule has 0 fully saturated rings. The summed E-state index contributed by atoms with van der Waals surface area (Å²) in [6, 6.07) is 54.1. The van der Waals surface area contributed by atoms with Gasteiger partial charge in [-0.2, -0.15) is 0 Å². The maximum atomic E-state index is 2.42. The van der Waals surface area contributed by atoms with Gasteiger partial charge in [-0.1, -0.05) is 127 Å². The van der Waals surface area contributed by atoms with Gasteiger partial charge in [0, 0.05) is 20.2 Å². The van der Waals surface area contributed by atoms with E-state index in [2.05, 4.69) is 146 Å². The molecule has 0 amide bonds. The van der Waals surface area contributed by atoms with Crippen molar-refractivity contribution >= 4 is 85.4 Å². The molecule has 10 rings (SSSR count). The lowest BCUT2D eigenvalue weighted by molar-refractivity contribution is 1.67. The molecule has 9 aromatic carbocycles. The Morgan fingerprint density at radius 3 is 1.51 bits per heavy atom. The van der Waals surface area contributed by atoms with E-state index in [-0.39, 0.29) is 0 Å². The third-order valence-electron chi connectivity index (χ3n) is 9.40. The van der Waals surface area contributed by atoms with Gasteiger partial charge in [0.25, 0.3) is 0 Å². The second kappa shape index (κ2) is 8.64. The summed E-state index contributed by atoms with van der Waals surface area (Å²) in [5.74, 6) is 0. The molecule has 198 valence electrons. The predicted molar refractivity (Wildman–Crippen MR) is 189 cm³/mol. The van der Waals surface area contributed by atoms with Gasteiger partial charge in [-0.3, -0.25) is 0 Å². The first-order valence-corrected chi connectivity index (χ1v) is 15.7. The highest BCUT2D eigenvalue weighted by Gasteiger charge is 2.17. The van der Waals surface area contributed by atoms with Crippen molar-refractivity contribution < 1.29 is 0 Å². The molecule has 1 aromatic heterocycles. The number of rotatable bonds is 2. The Balaban J connectivity index is 1.24. The monoisotopic (exact) mass is 560 g/mol. The Bertz CT molecular complexity index is 2710. The van der Waals surface area contributed by atoms with Crippen LogP contribution in [0.2, 0.25) is 0 Å². The van der Waals surface area contributed by atoms with Crippen LogP contribution in [0.15, 0.2) is 146 Å². The largest absolute Gasteiger partial charge is 0.135 e. The number of hydrogen-bond donors (Lipinski definition) is 0. The molecule has 0 radical (unpaired) electrons. The van der Waals surface area contributed by atoms with Gasteiger partial charge in [-0.25, -0.2) is 0 Å². The normalized spacial score (nSPS) is 12.2. The summed E-state index contributed by atoms with van der Waals surface area (Å²) in [7, 11) is 0. The molecular weight excluding hydrogens is 537 g/mol. The molecule has 0 nitrogen and oxygen atoms in total. The van der Waals surface area contributed by atoms with E-state index in [4.69, 9.17) is 0 Å². The Morgan fingerprint density at radius 1 is 0.302 bits per heavy atom. The summed E-state index contributed by atoms with van der Waals surface area (Å²) < 4.78 is 2.69. The molecule has 10 aromatic rings. The maximum Gasteiger partial charge on any atom is 0.0433 e. The number of fused-ring (bicyclic) bond motifs is 9. The van der Waals surface area contributed by atoms with E-state index in [9.17, 15) is 0 Å². The summed E-state index contributed by atoms with van der Waals surface area (Å²) in [5, 5.41) is 16.1. The minimum absolute atomic E-state index is 1.26. The van der Waals surface area contributed by atoms with Crippen molar-refractivity contribution in [2.45, 2.75) is 0 Å². The van der Waals surface area contributed by atoms with E-state index in [0.717, 1.165) is 0 Å². The Hall–Kier alpha value is -5.24. The average Bonchev–Trinajstić information content (AvgIpc) is 3.46. The van der Waals surface area contributed by atoms with Gasteiger partial charge < -0.3 is 0 Å². The first kappa shape index (κ1) is 23.3. The van der Waals surface area contributed by atoms with Gasteiger partial charge in [-0.05, 0) is 94.3 Å². The highest BCUT2D eigenvalue weighted by molar-refractivity contribution is 7.26. The summed E-state index contributed by atoms with van der Waals surface area (Å²) in [6.45, 7) is 0. The van der Waals surface area contributed by atoms with Crippen molar-refractivity contribution in [3.8, 4) is 22.3 Å². The second-order valence-corrected chi connectivity index (χ2v) is 12.7. The second-order valence-electron chi connectivity index (χ2n) is 11.6. The Kier molecular flexibility index (Phi) is 4.69. The van der Waals surface area contributed by atoms with E-state index in [0.29, 0.717) is 0 Å². The van der Waals surface area contributed by atoms with Crippen molar-refractivity contribution in [1.29, 1.82) is 0 Å². The lowest BCUT2D eigenvalue weighted by Gasteiger charge is -2.18. The number of benzene rings is 9. The Morgan fingerprint density at radius 2 is 0.814 bits per heavy atom. The van der Waals surface area contributed by atoms with E-state index < -0.39 is 0 Å². The van der Waals surface area contributed by atoms with Crippen LogP contribution in [0.5, 0.6) is 0 Å². The van der Waals surface area contributed by atoms with E-state index in [1.165, 1.54) is 96.3 Å². The van der Waals surface area contributed by atoms with Gasteiger partial charge in [0.15, 0.2) is 0 Å². The lowest BCUT2D eigenvalue weighted by atomic mass is 9.85. The fourth-order valence-electron chi connectivity index (χ4n) is 7.50. The van der Waals surface area contributed by atoms with Gasteiger partial charge in [0.2, 0.25) is 0 Å². The molecule has 0 spiro atoms. The molecule has 0 atom stereocenters. The first-order valence-electron chi connectivity index (χ1n) is 14.9. The average molecular weight is 561 g/mol. The highest BCUT2D eigenvalue weighted by atomic mass is 32.1. The third-order valence-corrected chi connectivity index (χ3v) is 10.6. The molecule has 0 aliphatic rings. The third kappa shape index (κ3) is 3.20. The standard InChI is InChI=1S/C42H24S/c1-2-9-25(10-3-1)28-13-6-18-36-38-24-27(20-22-39(38)43-42(28)36)26-19-21-31-34-16-7-14-32-29-11-4-5-12-30(29)33-15-8-17-35(37(31)23-26)41(33)40(32)34/h1-24H. The van der Waals surface area contributed by atoms with Crippen molar-refractivity contribution in [2.75, 3.05) is 0 Å². The minimum Gasteiger partial charge on any atom is -0.135 e. The van der Waals surface area contributed by atoms with Crippen LogP contribution in [0.3, 0.4) is 0 Å².